The minimum atomic E-state index is -1.06. The van der Waals surface area contributed by atoms with Crippen molar-refractivity contribution in [1.29, 1.82) is 0 Å². The number of unbranched alkanes of at least 4 members (excludes halogenated alkanes) is 17. The van der Waals surface area contributed by atoms with E-state index >= 15 is 0 Å². The van der Waals surface area contributed by atoms with Crippen LogP contribution in [0.3, 0.4) is 0 Å². The van der Waals surface area contributed by atoms with Crippen molar-refractivity contribution in [2.75, 3.05) is 6.61 Å². The number of ether oxygens (including phenoxy) is 1. The number of carbonyl (C=O) groups is 3. The smallest absolute Gasteiger partial charge is 0.330 e. The Hall–Kier alpha value is -1.47. The van der Waals surface area contributed by atoms with Crippen LogP contribution in [-0.2, 0) is 19.1 Å². The lowest BCUT2D eigenvalue weighted by atomic mass is 10.1. The molecule has 1 unspecified atom stereocenters. The van der Waals surface area contributed by atoms with Gasteiger partial charge in [0.25, 0.3) is 0 Å². The first-order chi connectivity index (χ1) is 17.4. The van der Waals surface area contributed by atoms with Crippen LogP contribution < -0.4 is 5.73 Å². The van der Waals surface area contributed by atoms with E-state index in [0.717, 1.165) is 19.3 Å². The number of carbonyl (C=O) groups excluding carboxylic acids is 2. The summed E-state index contributed by atoms with van der Waals surface area (Å²) in [6, 6.07) is -1.06. The van der Waals surface area contributed by atoms with Gasteiger partial charge in [-0.05, 0) is 19.3 Å². The molecule has 0 aromatic rings. The lowest BCUT2D eigenvalue weighted by Crippen LogP contribution is -2.34. The van der Waals surface area contributed by atoms with Crippen LogP contribution in [-0.4, -0.2) is 40.8 Å². The molecule has 1 atom stereocenters. The minimum Gasteiger partial charge on any atom is -0.481 e. The summed E-state index contributed by atoms with van der Waals surface area (Å²) in [5.41, 5.74) is 5.47. The fourth-order valence-corrected chi connectivity index (χ4v) is 3.81. The van der Waals surface area contributed by atoms with Gasteiger partial charge in [0.05, 0.1) is 0 Å². The van der Waals surface area contributed by atoms with Gasteiger partial charge in [-0.25, -0.2) is 4.79 Å². The van der Waals surface area contributed by atoms with Crippen molar-refractivity contribution < 1.29 is 29.3 Å². The summed E-state index contributed by atoms with van der Waals surface area (Å²) in [4.78, 5) is 33.3. The number of carboxylic acid groups (broad SMARTS) is 1. The van der Waals surface area contributed by atoms with E-state index in [1.54, 1.807) is 0 Å². The van der Waals surface area contributed by atoms with Gasteiger partial charge < -0.3 is 20.7 Å². The van der Waals surface area contributed by atoms with Gasteiger partial charge in [-0.3, -0.25) is 9.59 Å². The lowest BCUT2D eigenvalue weighted by molar-refractivity contribution is -0.160. The third-order valence-corrected chi connectivity index (χ3v) is 6.18. The fourth-order valence-electron chi connectivity index (χ4n) is 3.81. The number of aliphatic hydroxyl groups excluding tert-OH is 1. The molecule has 0 radical (unpaired) electrons. The lowest BCUT2D eigenvalue weighted by Gasteiger charge is -2.09. The molecular weight excluding hydrogens is 458 g/mol. The minimum absolute atomic E-state index is 0.0283. The number of hydrogen-bond donors (Lipinski definition) is 3. The number of aliphatic hydroxyl groups is 1. The largest absolute Gasteiger partial charge is 0.481 e. The summed E-state index contributed by atoms with van der Waals surface area (Å²) in [6.07, 6.45) is 23.5. The Bertz CT molecular complexity index is 502. The first-order valence-electron chi connectivity index (χ1n) is 14.7. The number of hydrogen-bond acceptors (Lipinski definition) is 6. The zero-order chi connectivity index (χ0) is 27.3. The van der Waals surface area contributed by atoms with Crippen LogP contribution in [0.4, 0.5) is 0 Å². The molecule has 0 heterocycles. The Labute approximate surface area is 220 Å². The summed E-state index contributed by atoms with van der Waals surface area (Å²) in [7, 11) is 0. The molecule has 7 nitrogen and oxygen atoms in total. The molecule has 0 aromatic carbocycles. The van der Waals surface area contributed by atoms with Crippen molar-refractivity contribution in [2.45, 2.75) is 161 Å². The molecule has 4 N–H and O–H groups in total. The summed E-state index contributed by atoms with van der Waals surface area (Å²) < 4.78 is 4.62. The summed E-state index contributed by atoms with van der Waals surface area (Å²) in [5, 5.41) is 17.1. The van der Waals surface area contributed by atoms with Crippen molar-refractivity contribution in [2.24, 2.45) is 5.73 Å². The monoisotopic (exact) mass is 515 g/mol. The zero-order valence-electron chi connectivity index (χ0n) is 23.4. The quantitative estimate of drug-likeness (QED) is 0.0712. The van der Waals surface area contributed by atoms with Crippen LogP contribution in [0.2, 0.25) is 0 Å². The van der Waals surface area contributed by atoms with Gasteiger partial charge in [0.1, 0.15) is 6.04 Å². The first-order valence-corrected chi connectivity index (χ1v) is 14.7. The maximum Gasteiger partial charge on any atom is 0.330 e. The second-order valence-corrected chi connectivity index (χ2v) is 9.82. The van der Waals surface area contributed by atoms with Gasteiger partial charge >= 0.3 is 17.9 Å². The summed E-state index contributed by atoms with van der Waals surface area (Å²) >= 11 is 0. The number of rotatable bonds is 24. The van der Waals surface area contributed by atoms with Gasteiger partial charge in [0, 0.05) is 19.4 Å². The van der Waals surface area contributed by atoms with Crippen LogP contribution in [0.1, 0.15) is 155 Å². The van der Waals surface area contributed by atoms with Gasteiger partial charge in [0.2, 0.25) is 0 Å². The Morgan fingerprint density at radius 3 is 1.42 bits per heavy atom. The van der Waals surface area contributed by atoms with Crippen LogP contribution >= 0.6 is 0 Å². The van der Waals surface area contributed by atoms with E-state index in [1.807, 2.05) is 0 Å². The zero-order valence-corrected chi connectivity index (χ0v) is 23.4. The molecular formula is C29H57NO6. The summed E-state index contributed by atoms with van der Waals surface area (Å²) in [5.74, 6) is -2.45. The Morgan fingerprint density at radius 2 is 1.03 bits per heavy atom. The van der Waals surface area contributed by atoms with Crippen LogP contribution in [0.5, 0.6) is 0 Å². The van der Waals surface area contributed by atoms with E-state index in [9.17, 15) is 14.4 Å². The average molecular weight is 516 g/mol. The Balaban J connectivity index is 0. The molecule has 7 heteroatoms. The molecule has 0 aliphatic rings. The van der Waals surface area contributed by atoms with E-state index < -0.39 is 23.9 Å². The van der Waals surface area contributed by atoms with Gasteiger partial charge in [-0.2, -0.15) is 0 Å². The number of carboxylic acids is 1. The molecule has 0 spiro atoms. The molecule has 0 aliphatic carbocycles. The Kier molecular flexibility index (Phi) is 30.3. The van der Waals surface area contributed by atoms with E-state index in [-0.39, 0.29) is 19.3 Å². The SMILES string of the molecule is CCCCCCCCCCCC(=O)OC(=O)C(N)CCC(=O)O.CCCCCCCCCCCCO. The molecule has 0 saturated heterocycles. The van der Waals surface area contributed by atoms with E-state index in [1.165, 1.54) is 96.3 Å². The number of aliphatic carboxylic acids is 1. The van der Waals surface area contributed by atoms with E-state index in [4.69, 9.17) is 15.9 Å². The van der Waals surface area contributed by atoms with Crippen molar-refractivity contribution in [3.05, 3.63) is 0 Å². The van der Waals surface area contributed by atoms with E-state index in [0.29, 0.717) is 13.0 Å². The molecule has 0 amide bonds. The third-order valence-electron chi connectivity index (χ3n) is 6.18. The highest BCUT2D eigenvalue weighted by atomic mass is 16.6. The fraction of sp³-hybridized carbons (Fsp3) is 0.897. The highest BCUT2D eigenvalue weighted by Gasteiger charge is 2.19. The van der Waals surface area contributed by atoms with Crippen molar-refractivity contribution >= 4 is 17.9 Å². The first kappa shape index (κ1) is 36.7. The second kappa shape index (κ2) is 29.8. The predicted molar refractivity (Wildman–Crippen MR) is 147 cm³/mol. The number of esters is 2. The maximum atomic E-state index is 11.5. The maximum absolute atomic E-state index is 11.5. The van der Waals surface area contributed by atoms with Gasteiger partial charge in [-0.1, -0.05) is 123 Å². The van der Waals surface area contributed by atoms with Crippen LogP contribution in [0, 0.1) is 0 Å². The third kappa shape index (κ3) is 30.6. The normalized spacial score (nSPS) is 11.4. The molecule has 0 aromatic heterocycles. The molecule has 0 fully saturated rings. The topological polar surface area (TPSA) is 127 Å². The van der Waals surface area contributed by atoms with E-state index in [2.05, 4.69) is 18.6 Å². The second-order valence-electron chi connectivity index (χ2n) is 9.82. The van der Waals surface area contributed by atoms with Crippen molar-refractivity contribution in [3.63, 3.8) is 0 Å². The van der Waals surface area contributed by atoms with Crippen molar-refractivity contribution in [1.82, 2.24) is 0 Å². The number of nitrogens with two attached hydrogens (primary N) is 1. The van der Waals surface area contributed by atoms with Crippen molar-refractivity contribution in [3.8, 4) is 0 Å². The summed E-state index contributed by atoms with van der Waals surface area (Å²) in [6.45, 7) is 4.83. The Morgan fingerprint density at radius 1 is 0.639 bits per heavy atom. The van der Waals surface area contributed by atoms with Gasteiger partial charge in [0.15, 0.2) is 0 Å². The average Bonchev–Trinajstić information content (AvgIpc) is 2.85. The standard InChI is InChI=1S/C17H31NO5.C12H26O/c1-2-3-4-5-6-7-8-9-10-11-16(21)23-17(22)14(18)12-13-15(19)20;1-2-3-4-5-6-7-8-9-10-11-12-13/h14H,2-13,18H2,1H3,(H,19,20);13H,2-12H2,1H3. The molecule has 0 bridgehead atoms. The molecule has 214 valence electrons. The van der Waals surface area contributed by atoms with Gasteiger partial charge in [-0.15, -0.1) is 0 Å². The molecule has 36 heavy (non-hydrogen) atoms. The molecule has 0 aliphatic heterocycles. The van der Waals surface area contributed by atoms with Crippen LogP contribution in [0.25, 0.3) is 0 Å². The molecule has 0 rings (SSSR count). The molecule has 0 saturated carbocycles. The predicted octanol–water partition coefficient (Wildman–Crippen LogP) is 7.07. The highest BCUT2D eigenvalue weighted by molar-refractivity contribution is 5.88. The highest BCUT2D eigenvalue weighted by Crippen LogP contribution is 2.11. The van der Waals surface area contributed by atoms with Crippen LogP contribution in [0.15, 0.2) is 0 Å².